The van der Waals surface area contributed by atoms with Crippen molar-refractivity contribution in [2.45, 2.75) is 90.9 Å². The summed E-state index contributed by atoms with van der Waals surface area (Å²) in [5.74, 6) is 0.0124. The normalized spacial score (nSPS) is 11.9. The minimum atomic E-state index is 0.0124. The predicted molar refractivity (Wildman–Crippen MR) is 118 cm³/mol. The lowest BCUT2D eigenvalue weighted by molar-refractivity contribution is -0.121. The Morgan fingerprint density at radius 1 is 0.889 bits per heavy atom. The van der Waals surface area contributed by atoms with Crippen LogP contribution in [0.25, 0.3) is 6.08 Å². The maximum absolute atomic E-state index is 11.8. The molecule has 0 saturated heterocycles. The van der Waals surface area contributed by atoms with E-state index < -0.39 is 0 Å². The number of carbonyl (C=O) groups excluding carboxylic acids is 1. The Morgan fingerprint density at radius 3 is 2.04 bits per heavy atom. The molecule has 0 spiro atoms. The first-order valence-corrected chi connectivity index (χ1v) is 10.8. The summed E-state index contributed by atoms with van der Waals surface area (Å²) in [6.45, 7) is 4.15. The molecule has 1 N–H and O–H groups in total. The van der Waals surface area contributed by atoms with Gasteiger partial charge in [-0.3, -0.25) is 4.79 Å². The van der Waals surface area contributed by atoms with Gasteiger partial charge in [-0.05, 0) is 25.0 Å². The van der Waals surface area contributed by atoms with E-state index in [4.69, 9.17) is 0 Å². The van der Waals surface area contributed by atoms with Crippen molar-refractivity contribution >= 4 is 17.7 Å². The van der Waals surface area contributed by atoms with Crippen LogP contribution in [0.15, 0.2) is 41.5 Å². The molecule has 0 aromatic heterocycles. The van der Waals surface area contributed by atoms with Crippen molar-refractivity contribution in [1.29, 1.82) is 0 Å². The number of benzene rings is 1. The molecule has 1 rings (SSSR count). The highest BCUT2D eigenvalue weighted by Crippen LogP contribution is 2.11. The van der Waals surface area contributed by atoms with Crippen LogP contribution >= 0.6 is 0 Å². The van der Waals surface area contributed by atoms with Gasteiger partial charge in [0.05, 0.1) is 5.71 Å². The molecule has 150 valence electrons. The third-order valence-electron chi connectivity index (χ3n) is 4.68. The molecule has 3 heteroatoms. The van der Waals surface area contributed by atoms with Gasteiger partial charge >= 0.3 is 0 Å². The molecule has 27 heavy (non-hydrogen) atoms. The number of hydrogen-bond donors (Lipinski definition) is 1. The Kier molecular flexibility index (Phi) is 14.0. The molecule has 0 atom stereocenters. The molecule has 1 aromatic carbocycles. The van der Waals surface area contributed by atoms with Crippen LogP contribution < -0.4 is 5.43 Å². The van der Waals surface area contributed by atoms with Crippen molar-refractivity contribution in [2.75, 3.05) is 0 Å². The SMILES string of the molecule is CCCCCCCCCCCCCC(=O)NN=C(C)C=Cc1ccccc1. The minimum Gasteiger partial charge on any atom is -0.273 e. The van der Waals surface area contributed by atoms with E-state index in [0.29, 0.717) is 6.42 Å². The van der Waals surface area contributed by atoms with Crippen molar-refractivity contribution in [1.82, 2.24) is 5.43 Å². The zero-order valence-corrected chi connectivity index (χ0v) is 17.4. The quantitative estimate of drug-likeness (QED) is 0.204. The van der Waals surface area contributed by atoms with E-state index in [1.54, 1.807) is 0 Å². The molecule has 3 nitrogen and oxygen atoms in total. The van der Waals surface area contributed by atoms with Crippen molar-refractivity contribution in [3.63, 3.8) is 0 Å². The lowest BCUT2D eigenvalue weighted by Crippen LogP contribution is -2.18. The van der Waals surface area contributed by atoms with Gasteiger partial charge in [-0.15, -0.1) is 0 Å². The summed E-state index contributed by atoms with van der Waals surface area (Å²) in [5.41, 5.74) is 4.57. The molecule has 0 bridgehead atoms. The molecule has 0 aliphatic heterocycles. The second kappa shape index (κ2) is 16.3. The molecular weight excluding hydrogens is 332 g/mol. The Morgan fingerprint density at radius 2 is 1.44 bits per heavy atom. The first kappa shape index (κ1) is 23.1. The highest BCUT2D eigenvalue weighted by atomic mass is 16.2. The van der Waals surface area contributed by atoms with Crippen LogP contribution in [0.5, 0.6) is 0 Å². The Bertz CT molecular complexity index is 549. The number of rotatable bonds is 15. The van der Waals surface area contributed by atoms with E-state index in [1.807, 2.05) is 49.4 Å². The molecule has 0 aliphatic rings. The number of amides is 1. The first-order valence-electron chi connectivity index (χ1n) is 10.8. The average molecular weight is 371 g/mol. The third-order valence-corrected chi connectivity index (χ3v) is 4.68. The number of hydrogen-bond acceptors (Lipinski definition) is 2. The molecule has 1 amide bonds. The standard InChI is InChI=1S/C24H38N2O/c1-3-4-5-6-7-8-9-10-11-12-16-19-24(27)26-25-22(2)20-21-23-17-14-13-15-18-23/h13-15,17-18,20-21H,3-12,16,19H2,1-2H3,(H,26,27). The van der Waals surface area contributed by atoms with Crippen molar-refractivity contribution < 1.29 is 4.79 Å². The maximum atomic E-state index is 11.8. The topological polar surface area (TPSA) is 41.5 Å². The first-order chi connectivity index (χ1) is 13.2. The molecule has 0 saturated carbocycles. The fraction of sp³-hybridized carbons (Fsp3) is 0.583. The van der Waals surface area contributed by atoms with E-state index in [1.165, 1.54) is 57.8 Å². The summed E-state index contributed by atoms with van der Waals surface area (Å²) in [7, 11) is 0. The molecule has 1 aromatic rings. The minimum absolute atomic E-state index is 0.0124. The van der Waals surface area contributed by atoms with Crippen LogP contribution in [0, 0.1) is 0 Å². The summed E-state index contributed by atoms with van der Waals surface area (Å²) in [6.07, 6.45) is 18.7. The third kappa shape index (κ3) is 13.9. The number of hydrazone groups is 1. The molecule has 0 fully saturated rings. The number of allylic oxidation sites excluding steroid dienone is 1. The van der Waals surface area contributed by atoms with Crippen LogP contribution in [-0.2, 0) is 4.79 Å². The fourth-order valence-corrected chi connectivity index (χ4v) is 2.97. The van der Waals surface area contributed by atoms with Crippen LogP contribution in [0.1, 0.15) is 96.5 Å². The lowest BCUT2D eigenvalue weighted by Gasteiger charge is -2.03. The van der Waals surface area contributed by atoms with Crippen LogP contribution in [-0.4, -0.2) is 11.6 Å². The zero-order chi connectivity index (χ0) is 19.6. The molecule has 0 heterocycles. The van der Waals surface area contributed by atoms with Gasteiger partial charge in [0, 0.05) is 6.42 Å². The Labute approximate surface area is 166 Å². The van der Waals surface area contributed by atoms with E-state index in [-0.39, 0.29) is 5.91 Å². The van der Waals surface area contributed by atoms with E-state index in [2.05, 4.69) is 17.5 Å². The summed E-state index contributed by atoms with van der Waals surface area (Å²) in [6, 6.07) is 10.1. The van der Waals surface area contributed by atoms with Gasteiger partial charge in [-0.2, -0.15) is 5.10 Å². The number of nitrogens with zero attached hydrogens (tertiary/aromatic N) is 1. The lowest BCUT2D eigenvalue weighted by atomic mass is 10.1. The maximum Gasteiger partial charge on any atom is 0.240 e. The molecular formula is C24H38N2O. The summed E-state index contributed by atoms with van der Waals surface area (Å²) >= 11 is 0. The van der Waals surface area contributed by atoms with Gasteiger partial charge in [0.25, 0.3) is 0 Å². The predicted octanol–water partition coefficient (Wildman–Crippen LogP) is 6.89. The highest BCUT2D eigenvalue weighted by Gasteiger charge is 2.00. The number of unbranched alkanes of at least 4 members (excludes halogenated alkanes) is 10. The average Bonchev–Trinajstić information content (AvgIpc) is 2.69. The van der Waals surface area contributed by atoms with Crippen molar-refractivity contribution in [3.8, 4) is 0 Å². The zero-order valence-electron chi connectivity index (χ0n) is 17.4. The number of carbonyl (C=O) groups is 1. The van der Waals surface area contributed by atoms with Crippen LogP contribution in [0.4, 0.5) is 0 Å². The summed E-state index contributed by atoms with van der Waals surface area (Å²) in [5, 5.41) is 4.14. The Balaban J connectivity index is 2.00. The van der Waals surface area contributed by atoms with Gasteiger partial charge in [-0.1, -0.05) is 108 Å². The van der Waals surface area contributed by atoms with Gasteiger partial charge in [-0.25, -0.2) is 5.43 Å². The van der Waals surface area contributed by atoms with Crippen LogP contribution in [0.2, 0.25) is 0 Å². The summed E-state index contributed by atoms with van der Waals surface area (Å²) in [4.78, 5) is 11.8. The second-order valence-electron chi connectivity index (χ2n) is 7.32. The fourth-order valence-electron chi connectivity index (χ4n) is 2.97. The monoisotopic (exact) mass is 370 g/mol. The highest BCUT2D eigenvalue weighted by molar-refractivity contribution is 5.96. The van der Waals surface area contributed by atoms with Crippen LogP contribution in [0.3, 0.4) is 0 Å². The van der Waals surface area contributed by atoms with Crippen molar-refractivity contribution in [3.05, 3.63) is 42.0 Å². The summed E-state index contributed by atoms with van der Waals surface area (Å²) < 4.78 is 0. The smallest absolute Gasteiger partial charge is 0.240 e. The Hall–Kier alpha value is -1.90. The van der Waals surface area contributed by atoms with E-state index in [9.17, 15) is 4.79 Å². The van der Waals surface area contributed by atoms with Gasteiger partial charge in [0.2, 0.25) is 5.91 Å². The van der Waals surface area contributed by atoms with E-state index >= 15 is 0 Å². The molecule has 0 aliphatic carbocycles. The van der Waals surface area contributed by atoms with Gasteiger partial charge < -0.3 is 0 Å². The largest absolute Gasteiger partial charge is 0.273 e. The number of nitrogens with one attached hydrogen (secondary N) is 1. The van der Waals surface area contributed by atoms with Gasteiger partial charge in [0.1, 0.15) is 0 Å². The second-order valence-corrected chi connectivity index (χ2v) is 7.32. The van der Waals surface area contributed by atoms with Crippen molar-refractivity contribution in [2.24, 2.45) is 5.10 Å². The van der Waals surface area contributed by atoms with Gasteiger partial charge in [0.15, 0.2) is 0 Å². The molecule has 0 unspecified atom stereocenters. The van der Waals surface area contributed by atoms with E-state index in [0.717, 1.165) is 24.1 Å². The molecule has 0 radical (unpaired) electrons.